The Morgan fingerprint density at radius 3 is 2.05 bits per heavy atom. The van der Waals surface area contributed by atoms with Crippen molar-refractivity contribution in [3.8, 4) is 5.75 Å². The summed E-state index contributed by atoms with van der Waals surface area (Å²) in [6.07, 6.45) is 15.3. The van der Waals surface area contributed by atoms with E-state index in [0.717, 1.165) is 31.4 Å². The molecule has 2 heteroatoms. The Balaban J connectivity index is 1.57. The maximum absolute atomic E-state index is 5.75. The molecule has 124 valence electrons. The lowest BCUT2D eigenvalue weighted by atomic mass is 10.0. The van der Waals surface area contributed by atoms with E-state index in [1.165, 1.54) is 64.2 Å². The fraction of sp³-hybridized carbons (Fsp3) is 0.700. The molecule has 0 bridgehead atoms. The first-order valence-corrected chi connectivity index (χ1v) is 9.36. The molecular formula is C20H33NO. The van der Waals surface area contributed by atoms with Crippen LogP contribution < -0.4 is 10.1 Å². The van der Waals surface area contributed by atoms with Crippen molar-refractivity contribution in [3.63, 3.8) is 0 Å². The fourth-order valence-electron chi connectivity index (χ4n) is 3.28. The Hall–Kier alpha value is -1.02. The SMILES string of the molecule is c1ccc(OCCCNC2CCCCCCCCCC2)cc1. The van der Waals surface area contributed by atoms with Crippen LogP contribution in [-0.2, 0) is 0 Å². The van der Waals surface area contributed by atoms with Gasteiger partial charge in [0.1, 0.15) is 5.75 Å². The summed E-state index contributed by atoms with van der Waals surface area (Å²) in [6, 6.07) is 10.9. The third-order valence-electron chi connectivity index (χ3n) is 4.62. The topological polar surface area (TPSA) is 21.3 Å². The summed E-state index contributed by atoms with van der Waals surface area (Å²) in [5, 5.41) is 3.76. The van der Waals surface area contributed by atoms with E-state index in [0.29, 0.717) is 0 Å². The van der Waals surface area contributed by atoms with Crippen molar-refractivity contribution in [2.24, 2.45) is 0 Å². The first-order chi connectivity index (χ1) is 10.9. The molecule has 0 radical (unpaired) electrons. The van der Waals surface area contributed by atoms with Gasteiger partial charge in [-0.25, -0.2) is 0 Å². The van der Waals surface area contributed by atoms with Gasteiger partial charge in [-0.15, -0.1) is 0 Å². The number of para-hydroxylation sites is 1. The Bertz CT molecular complexity index is 353. The molecule has 1 aromatic rings. The highest BCUT2D eigenvalue weighted by atomic mass is 16.5. The lowest BCUT2D eigenvalue weighted by Gasteiger charge is -2.18. The van der Waals surface area contributed by atoms with Gasteiger partial charge in [0.15, 0.2) is 0 Å². The normalized spacial score (nSPS) is 18.5. The monoisotopic (exact) mass is 303 g/mol. The fourth-order valence-corrected chi connectivity index (χ4v) is 3.28. The molecule has 0 spiro atoms. The zero-order valence-electron chi connectivity index (χ0n) is 14.1. The number of nitrogens with one attached hydrogen (secondary N) is 1. The van der Waals surface area contributed by atoms with Crippen LogP contribution in [-0.4, -0.2) is 19.2 Å². The molecule has 0 saturated heterocycles. The molecule has 0 heterocycles. The van der Waals surface area contributed by atoms with E-state index >= 15 is 0 Å². The van der Waals surface area contributed by atoms with E-state index in [9.17, 15) is 0 Å². The number of hydrogen-bond acceptors (Lipinski definition) is 2. The molecule has 0 unspecified atom stereocenters. The van der Waals surface area contributed by atoms with Crippen molar-refractivity contribution in [2.45, 2.75) is 76.7 Å². The minimum atomic E-state index is 0.731. The predicted octanol–water partition coefficient (Wildman–Crippen LogP) is 5.33. The summed E-state index contributed by atoms with van der Waals surface area (Å²) < 4.78 is 5.75. The molecular weight excluding hydrogens is 270 g/mol. The van der Waals surface area contributed by atoms with Crippen LogP contribution in [0, 0.1) is 0 Å². The van der Waals surface area contributed by atoms with E-state index in [1.54, 1.807) is 0 Å². The standard InChI is InChI=1S/C20H33NO/c1-2-4-6-9-14-19(13-8-5-3-1)21-17-12-18-22-20-15-10-7-11-16-20/h7,10-11,15-16,19,21H,1-6,8-9,12-14,17-18H2. The average Bonchev–Trinajstić information content (AvgIpc) is 2.61. The summed E-state index contributed by atoms with van der Waals surface area (Å²) in [7, 11) is 0. The second kappa shape index (κ2) is 11.5. The maximum atomic E-state index is 5.75. The lowest BCUT2D eigenvalue weighted by Crippen LogP contribution is -2.30. The second-order valence-corrected chi connectivity index (χ2v) is 6.57. The third-order valence-corrected chi connectivity index (χ3v) is 4.62. The molecule has 2 nitrogen and oxygen atoms in total. The largest absolute Gasteiger partial charge is 0.494 e. The highest BCUT2D eigenvalue weighted by Crippen LogP contribution is 2.17. The summed E-state index contributed by atoms with van der Waals surface area (Å²) in [5.74, 6) is 0.984. The lowest BCUT2D eigenvalue weighted by molar-refractivity contribution is 0.301. The van der Waals surface area contributed by atoms with Gasteiger partial charge in [-0.05, 0) is 37.9 Å². The zero-order valence-corrected chi connectivity index (χ0v) is 14.1. The Morgan fingerprint density at radius 1 is 0.818 bits per heavy atom. The van der Waals surface area contributed by atoms with E-state index in [-0.39, 0.29) is 0 Å². The van der Waals surface area contributed by atoms with E-state index < -0.39 is 0 Å². The molecule has 0 atom stereocenters. The summed E-state index contributed by atoms with van der Waals surface area (Å²) in [4.78, 5) is 0. The number of hydrogen-bond donors (Lipinski definition) is 1. The Morgan fingerprint density at radius 2 is 1.41 bits per heavy atom. The molecule has 1 N–H and O–H groups in total. The Kier molecular flexibility index (Phi) is 9.09. The minimum absolute atomic E-state index is 0.731. The number of ether oxygens (including phenoxy) is 1. The van der Waals surface area contributed by atoms with Crippen molar-refractivity contribution in [1.29, 1.82) is 0 Å². The molecule has 1 aliphatic carbocycles. The second-order valence-electron chi connectivity index (χ2n) is 6.57. The molecule has 0 amide bonds. The first-order valence-electron chi connectivity index (χ1n) is 9.36. The van der Waals surface area contributed by atoms with Gasteiger partial charge < -0.3 is 10.1 Å². The van der Waals surface area contributed by atoms with Crippen LogP contribution in [0.25, 0.3) is 0 Å². The van der Waals surface area contributed by atoms with Crippen molar-refractivity contribution in [3.05, 3.63) is 30.3 Å². The van der Waals surface area contributed by atoms with Crippen molar-refractivity contribution in [1.82, 2.24) is 5.32 Å². The molecule has 1 aromatic carbocycles. The van der Waals surface area contributed by atoms with Crippen LogP contribution in [0.3, 0.4) is 0 Å². The van der Waals surface area contributed by atoms with Crippen LogP contribution >= 0.6 is 0 Å². The summed E-state index contributed by atoms with van der Waals surface area (Å²) >= 11 is 0. The smallest absolute Gasteiger partial charge is 0.119 e. The van der Waals surface area contributed by atoms with Gasteiger partial charge in [0.2, 0.25) is 0 Å². The molecule has 1 aliphatic rings. The summed E-state index contributed by atoms with van der Waals surface area (Å²) in [5.41, 5.74) is 0. The molecule has 22 heavy (non-hydrogen) atoms. The van der Waals surface area contributed by atoms with Gasteiger partial charge in [-0.1, -0.05) is 69.6 Å². The van der Waals surface area contributed by atoms with Gasteiger partial charge in [0.05, 0.1) is 6.61 Å². The average molecular weight is 303 g/mol. The van der Waals surface area contributed by atoms with Gasteiger partial charge in [-0.3, -0.25) is 0 Å². The summed E-state index contributed by atoms with van der Waals surface area (Å²) in [6.45, 7) is 1.89. The van der Waals surface area contributed by atoms with Crippen LogP contribution in [0.15, 0.2) is 30.3 Å². The van der Waals surface area contributed by atoms with Crippen LogP contribution in [0.1, 0.15) is 70.6 Å². The number of benzene rings is 1. The van der Waals surface area contributed by atoms with Crippen LogP contribution in [0.4, 0.5) is 0 Å². The van der Waals surface area contributed by atoms with Crippen molar-refractivity contribution in [2.75, 3.05) is 13.2 Å². The van der Waals surface area contributed by atoms with E-state index in [4.69, 9.17) is 4.74 Å². The molecule has 0 aliphatic heterocycles. The highest BCUT2D eigenvalue weighted by Gasteiger charge is 2.08. The highest BCUT2D eigenvalue weighted by molar-refractivity contribution is 5.20. The maximum Gasteiger partial charge on any atom is 0.119 e. The van der Waals surface area contributed by atoms with Gasteiger partial charge in [-0.2, -0.15) is 0 Å². The molecule has 1 fully saturated rings. The van der Waals surface area contributed by atoms with Crippen molar-refractivity contribution < 1.29 is 4.74 Å². The molecule has 2 rings (SSSR count). The van der Waals surface area contributed by atoms with Crippen LogP contribution in [0.5, 0.6) is 5.75 Å². The van der Waals surface area contributed by atoms with E-state index in [2.05, 4.69) is 5.32 Å². The quantitative estimate of drug-likeness (QED) is 0.717. The van der Waals surface area contributed by atoms with Gasteiger partial charge in [0, 0.05) is 6.04 Å². The van der Waals surface area contributed by atoms with Gasteiger partial charge in [0.25, 0.3) is 0 Å². The Labute approximate surface area is 136 Å². The zero-order chi connectivity index (χ0) is 15.3. The predicted molar refractivity (Wildman–Crippen MR) is 94.5 cm³/mol. The molecule has 0 aromatic heterocycles. The first kappa shape index (κ1) is 17.3. The third kappa shape index (κ3) is 7.84. The molecule has 1 saturated carbocycles. The minimum Gasteiger partial charge on any atom is -0.494 e. The van der Waals surface area contributed by atoms with Gasteiger partial charge >= 0.3 is 0 Å². The van der Waals surface area contributed by atoms with E-state index in [1.807, 2.05) is 30.3 Å². The number of rotatable bonds is 6. The van der Waals surface area contributed by atoms with Crippen molar-refractivity contribution >= 4 is 0 Å². The van der Waals surface area contributed by atoms with Crippen LogP contribution in [0.2, 0.25) is 0 Å².